The van der Waals surface area contributed by atoms with Gasteiger partial charge < -0.3 is 9.84 Å². The molecule has 1 aromatic carbocycles. The van der Waals surface area contributed by atoms with Crippen molar-refractivity contribution in [2.45, 2.75) is 6.42 Å². The zero-order valence-electron chi connectivity index (χ0n) is 7.87. The van der Waals surface area contributed by atoms with Gasteiger partial charge in [-0.3, -0.25) is 0 Å². The molecule has 1 N–H and O–H groups in total. The first-order chi connectivity index (χ1) is 7.15. The molecule has 78 valence electrons. The third kappa shape index (κ3) is 3.30. The maximum absolute atomic E-state index is 10.6. The molecule has 0 fully saturated rings. The Morgan fingerprint density at radius 3 is 2.87 bits per heavy atom. The van der Waals surface area contributed by atoms with Gasteiger partial charge in [0.2, 0.25) is 0 Å². The van der Waals surface area contributed by atoms with E-state index in [1.165, 1.54) is 12.1 Å². The van der Waals surface area contributed by atoms with Crippen molar-refractivity contribution in [3.05, 3.63) is 28.2 Å². The maximum atomic E-state index is 10.6. The summed E-state index contributed by atoms with van der Waals surface area (Å²) >= 11 is 3.23. The monoisotopic (exact) mass is 268 g/mol. The van der Waals surface area contributed by atoms with E-state index in [0.717, 1.165) is 0 Å². The molecule has 0 aromatic heterocycles. The molecule has 0 bridgehead atoms. The van der Waals surface area contributed by atoms with Crippen LogP contribution in [0.1, 0.15) is 16.8 Å². The van der Waals surface area contributed by atoms with Crippen LogP contribution in [0.4, 0.5) is 0 Å². The van der Waals surface area contributed by atoms with Crippen LogP contribution in [0.5, 0.6) is 5.75 Å². The molecule has 0 aliphatic heterocycles. The van der Waals surface area contributed by atoms with Gasteiger partial charge in [-0.05, 0) is 34.1 Å². The smallest absolute Gasteiger partial charge is 0.335 e. The van der Waals surface area contributed by atoms with Crippen LogP contribution in [0.15, 0.2) is 22.7 Å². The van der Waals surface area contributed by atoms with Crippen LogP contribution in [0.25, 0.3) is 0 Å². The van der Waals surface area contributed by atoms with Crippen LogP contribution >= 0.6 is 15.9 Å². The van der Waals surface area contributed by atoms with Crippen LogP contribution in [0, 0.1) is 12.3 Å². The van der Waals surface area contributed by atoms with Gasteiger partial charge in [-0.25, -0.2) is 4.79 Å². The molecule has 0 unspecified atom stereocenters. The number of rotatable bonds is 4. The molecule has 1 aromatic rings. The summed E-state index contributed by atoms with van der Waals surface area (Å²) in [6.07, 6.45) is 5.60. The molecule has 4 heteroatoms. The first kappa shape index (κ1) is 11.6. The van der Waals surface area contributed by atoms with E-state index >= 15 is 0 Å². The Labute approximate surface area is 96.2 Å². The second kappa shape index (κ2) is 5.42. The average Bonchev–Trinajstić information content (AvgIpc) is 2.20. The Kier molecular flexibility index (Phi) is 4.19. The summed E-state index contributed by atoms with van der Waals surface area (Å²) in [5, 5.41) is 8.73. The largest absolute Gasteiger partial charge is 0.491 e. The fourth-order valence-electron chi connectivity index (χ4n) is 0.971. The van der Waals surface area contributed by atoms with Gasteiger partial charge in [0.25, 0.3) is 0 Å². The number of halogens is 1. The highest BCUT2D eigenvalue weighted by atomic mass is 79.9. The predicted octanol–water partition coefficient (Wildman–Crippen LogP) is 2.55. The number of terminal acetylenes is 1. The number of carbonyl (C=O) groups is 1. The Morgan fingerprint density at radius 2 is 2.33 bits per heavy atom. The van der Waals surface area contributed by atoms with Crippen molar-refractivity contribution >= 4 is 21.9 Å². The van der Waals surface area contributed by atoms with Crippen molar-refractivity contribution < 1.29 is 14.6 Å². The van der Waals surface area contributed by atoms with Crippen molar-refractivity contribution in [3.8, 4) is 18.1 Å². The number of aromatic carboxylic acids is 1. The normalized spacial score (nSPS) is 9.33. The van der Waals surface area contributed by atoms with E-state index in [-0.39, 0.29) is 5.56 Å². The molecule has 15 heavy (non-hydrogen) atoms. The third-order valence-electron chi connectivity index (χ3n) is 1.68. The van der Waals surface area contributed by atoms with Crippen molar-refractivity contribution in [2.24, 2.45) is 0 Å². The van der Waals surface area contributed by atoms with Gasteiger partial charge in [0.05, 0.1) is 16.6 Å². The molecule has 0 saturated heterocycles. The quantitative estimate of drug-likeness (QED) is 0.675. The van der Waals surface area contributed by atoms with E-state index in [4.69, 9.17) is 16.3 Å². The highest BCUT2D eigenvalue weighted by Crippen LogP contribution is 2.26. The molecule has 0 spiro atoms. The van der Waals surface area contributed by atoms with E-state index in [1.807, 2.05) is 0 Å². The predicted molar refractivity (Wildman–Crippen MR) is 60.0 cm³/mol. The lowest BCUT2D eigenvalue weighted by Crippen LogP contribution is -1.99. The summed E-state index contributed by atoms with van der Waals surface area (Å²) in [4.78, 5) is 10.6. The van der Waals surface area contributed by atoms with Crippen LogP contribution in [0.3, 0.4) is 0 Å². The second-order valence-electron chi connectivity index (χ2n) is 2.75. The molecule has 0 aliphatic carbocycles. The molecular weight excluding hydrogens is 260 g/mol. The first-order valence-corrected chi connectivity index (χ1v) is 5.03. The third-order valence-corrected chi connectivity index (χ3v) is 2.30. The number of benzene rings is 1. The van der Waals surface area contributed by atoms with E-state index in [9.17, 15) is 4.79 Å². The van der Waals surface area contributed by atoms with Crippen molar-refractivity contribution in [2.75, 3.05) is 6.61 Å². The summed E-state index contributed by atoms with van der Waals surface area (Å²) in [5.41, 5.74) is 0.214. The number of hydrogen-bond acceptors (Lipinski definition) is 2. The highest BCUT2D eigenvalue weighted by Gasteiger charge is 2.06. The second-order valence-corrected chi connectivity index (χ2v) is 3.61. The molecule has 0 amide bonds. The number of carboxylic acid groups (broad SMARTS) is 1. The number of ether oxygens (including phenoxy) is 1. The Balaban J connectivity index is 2.76. The Hall–Kier alpha value is -1.47. The lowest BCUT2D eigenvalue weighted by molar-refractivity contribution is 0.0697. The van der Waals surface area contributed by atoms with E-state index in [1.54, 1.807) is 6.07 Å². The van der Waals surface area contributed by atoms with Crippen LogP contribution in [-0.2, 0) is 0 Å². The lowest BCUT2D eigenvalue weighted by Gasteiger charge is -2.06. The minimum Gasteiger partial charge on any atom is -0.491 e. The van der Waals surface area contributed by atoms with Gasteiger partial charge >= 0.3 is 5.97 Å². The molecule has 3 nitrogen and oxygen atoms in total. The Bertz CT molecular complexity index is 407. The van der Waals surface area contributed by atoms with Gasteiger partial charge in [-0.15, -0.1) is 12.3 Å². The zero-order valence-corrected chi connectivity index (χ0v) is 9.45. The van der Waals surface area contributed by atoms with E-state index < -0.39 is 5.97 Å². The molecule has 1 rings (SSSR count). The van der Waals surface area contributed by atoms with Gasteiger partial charge in [0, 0.05) is 6.42 Å². The maximum Gasteiger partial charge on any atom is 0.335 e. The van der Waals surface area contributed by atoms with E-state index in [0.29, 0.717) is 23.2 Å². The van der Waals surface area contributed by atoms with Crippen molar-refractivity contribution in [1.82, 2.24) is 0 Å². The molecule has 0 heterocycles. The molecule has 0 aliphatic rings. The summed E-state index contributed by atoms with van der Waals surface area (Å²) < 4.78 is 5.94. The van der Waals surface area contributed by atoms with Gasteiger partial charge in [-0.1, -0.05) is 0 Å². The number of carboxylic acids is 1. The SMILES string of the molecule is C#CCCOc1ccc(C(=O)O)cc1Br. The Morgan fingerprint density at radius 1 is 1.60 bits per heavy atom. The molecule has 0 radical (unpaired) electrons. The van der Waals surface area contributed by atoms with Gasteiger partial charge in [-0.2, -0.15) is 0 Å². The zero-order chi connectivity index (χ0) is 11.3. The molecular formula is C11H9BrO3. The number of hydrogen-bond donors (Lipinski definition) is 1. The fourth-order valence-corrected chi connectivity index (χ4v) is 1.46. The van der Waals surface area contributed by atoms with Crippen LogP contribution in [-0.4, -0.2) is 17.7 Å². The summed E-state index contributed by atoms with van der Waals surface area (Å²) in [5.74, 6) is 2.08. The summed E-state index contributed by atoms with van der Waals surface area (Å²) in [6.45, 7) is 0.418. The van der Waals surface area contributed by atoms with Crippen molar-refractivity contribution in [3.63, 3.8) is 0 Å². The van der Waals surface area contributed by atoms with Gasteiger partial charge in [0.1, 0.15) is 5.75 Å². The minimum absolute atomic E-state index is 0.214. The highest BCUT2D eigenvalue weighted by molar-refractivity contribution is 9.10. The van der Waals surface area contributed by atoms with E-state index in [2.05, 4.69) is 21.9 Å². The molecule has 0 saturated carbocycles. The topological polar surface area (TPSA) is 46.5 Å². The van der Waals surface area contributed by atoms with Crippen LogP contribution in [0.2, 0.25) is 0 Å². The first-order valence-electron chi connectivity index (χ1n) is 4.24. The van der Waals surface area contributed by atoms with Crippen molar-refractivity contribution in [1.29, 1.82) is 0 Å². The average molecular weight is 269 g/mol. The van der Waals surface area contributed by atoms with Crippen LogP contribution < -0.4 is 4.74 Å². The summed E-state index contributed by atoms with van der Waals surface area (Å²) in [6, 6.07) is 4.58. The standard InChI is InChI=1S/C11H9BrO3/c1-2-3-6-15-10-5-4-8(11(13)14)7-9(10)12/h1,4-5,7H,3,6H2,(H,13,14). The fraction of sp³-hybridized carbons (Fsp3) is 0.182. The summed E-state index contributed by atoms with van der Waals surface area (Å²) in [7, 11) is 0. The lowest BCUT2D eigenvalue weighted by atomic mass is 10.2. The minimum atomic E-state index is -0.967. The van der Waals surface area contributed by atoms with Gasteiger partial charge in [0.15, 0.2) is 0 Å². The molecule has 0 atom stereocenters.